The summed E-state index contributed by atoms with van der Waals surface area (Å²) >= 11 is 1.60. The average Bonchev–Trinajstić information content (AvgIpc) is 3.33. The van der Waals surface area contributed by atoms with Crippen LogP contribution in [0.25, 0.3) is 11.4 Å². The van der Waals surface area contributed by atoms with Gasteiger partial charge in [-0.2, -0.15) is 0 Å². The third-order valence-corrected chi connectivity index (χ3v) is 5.75. The number of rotatable bonds is 9. The predicted molar refractivity (Wildman–Crippen MR) is 121 cm³/mol. The first-order chi connectivity index (χ1) is 14.5. The van der Waals surface area contributed by atoms with E-state index in [1.54, 1.807) is 31.6 Å². The van der Waals surface area contributed by atoms with Crippen LogP contribution >= 0.6 is 11.3 Å². The van der Waals surface area contributed by atoms with E-state index in [1.807, 2.05) is 43.5 Å². The Bertz CT molecular complexity index is 1050. The quantitative estimate of drug-likeness (QED) is 0.516. The van der Waals surface area contributed by atoms with E-state index in [2.05, 4.69) is 21.4 Å². The molecule has 3 aromatic rings. The Balaban J connectivity index is 1.93. The number of amides is 1. The fraction of sp³-hybridized carbons (Fsp3) is 0.304. The van der Waals surface area contributed by atoms with Crippen molar-refractivity contribution in [2.24, 2.45) is 0 Å². The maximum atomic E-state index is 12.6. The highest BCUT2D eigenvalue weighted by Crippen LogP contribution is 2.30. The fourth-order valence-electron chi connectivity index (χ4n) is 3.39. The number of aryl methyl sites for hydroxylation is 2. The first-order valence-electron chi connectivity index (χ1n) is 9.71. The van der Waals surface area contributed by atoms with Gasteiger partial charge in [0.15, 0.2) is 11.5 Å². The molecule has 2 heterocycles. The highest BCUT2D eigenvalue weighted by molar-refractivity contribution is 7.09. The van der Waals surface area contributed by atoms with Crippen molar-refractivity contribution in [2.75, 3.05) is 20.8 Å². The summed E-state index contributed by atoms with van der Waals surface area (Å²) < 4.78 is 12.9. The van der Waals surface area contributed by atoms with Crippen molar-refractivity contribution in [1.82, 2.24) is 14.9 Å². The van der Waals surface area contributed by atoms with Gasteiger partial charge in [-0.25, -0.2) is 4.98 Å². The van der Waals surface area contributed by atoms with Gasteiger partial charge < -0.3 is 19.4 Å². The number of nitrogens with one attached hydrogen (secondary N) is 1. The maximum absolute atomic E-state index is 12.6. The van der Waals surface area contributed by atoms with Crippen molar-refractivity contribution in [1.29, 1.82) is 0 Å². The zero-order valence-corrected chi connectivity index (χ0v) is 18.6. The molecule has 0 atom stereocenters. The van der Waals surface area contributed by atoms with E-state index < -0.39 is 0 Å². The number of methoxy groups -OCH3 is 2. The predicted octanol–water partition coefficient (Wildman–Crippen LogP) is 4.40. The molecule has 1 amide bonds. The van der Waals surface area contributed by atoms with E-state index in [9.17, 15) is 4.79 Å². The lowest BCUT2D eigenvalue weighted by Gasteiger charge is -2.13. The summed E-state index contributed by atoms with van der Waals surface area (Å²) in [5.74, 6) is 1.31. The molecule has 0 aliphatic rings. The van der Waals surface area contributed by atoms with Gasteiger partial charge in [0.1, 0.15) is 0 Å². The largest absolute Gasteiger partial charge is 0.493 e. The molecule has 30 heavy (non-hydrogen) atoms. The van der Waals surface area contributed by atoms with Crippen molar-refractivity contribution >= 4 is 17.2 Å². The molecule has 0 saturated carbocycles. The molecule has 0 aliphatic carbocycles. The van der Waals surface area contributed by atoms with E-state index in [-0.39, 0.29) is 5.91 Å². The van der Waals surface area contributed by atoms with Crippen LogP contribution in [0.5, 0.6) is 11.5 Å². The molecule has 1 N–H and O–H groups in total. The van der Waals surface area contributed by atoms with Crippen LogP contribution in [0.2, 0.25) is 0 Å². The highest BCUT2D eigenvalue weighted by atomic mass is 32.1. The van der Waals surface area contributed by atoms with Crippen LogP contribution in [-0.2, 0) is 13.0 Å². The zero-order valence-electron chi connectivity index (χ0n) is 17.8. The topological polar surface area (TPSA) is 65.4 Å². The van der Waals surface area contributed by atoms with Gasteiger partial charge >= 0.3 is 0 Å². The first-order valence-corrected chi connectivity index (χ1v) is 10.6. The van der Waals surface area contributed by atoms with Gasteiger partial charge in [-0.1, -0.05) is 12.1 Å². The van der Waals surface area contributed by atoms with E-state index in [4.69, 9.17) is 9.47 Å². The van der Waals surface area contributed by atoms with Crippen LogP contribution in [0.1, 0.15) is 26.6 Å². The summed E-state index contributed by atoms with van der Waals surface area (Å²) in [7, 11) is 3.26. The van der Waals surface area contributed by atoms with Gasteiger partial charge in [0.05, 0.1) is 36.2 Å². The summed E-state index contributed by atoms with van der Waals surface area (Å²) in [4.78, 5) is 17.3. The lowest BCUT2D eigenvalue weighted by Crippen LogP contribution is -2.23. The number of ether oxygens (including phenoxy) is 2. The van der Waals surface area contributed by atoms with Gasteiger partial charge in [-0.15, -0.1) is 17.9 Å². The van der Waals surface area contributed by atoms with Crippen LogP contribution in [0, 0.1) is 13.8 Å². The Labute approximate surface area is 181 Å². The third kappa shape index (κ3) is 4.57. The van der Waals surface area contributed by atoms with Gasteiger partial charge in [0.2, 0.25) is 0 Å². The fourth-order valence-corrected chi connectivity index (χ4v) is 4.00. The maximum Gasteiger partial charge on any atom is 0.253 e. The molecule has 6 nitrogen and oxygen atoms in total. The summed E-state index contributed by atoms with van der Waals surface area (Å²) in [6, 6.07) is 7.86. The average molecular weight is 426 g/mol. The normalized spacial score (nSPS) is 10.7. The van der Waals surface area contributed by atoms with Crippen LogP contribution < -0.4 is 14.8 Å². The number of nitrogens with zero attached hydrogens (tertiary/aromatic N) is 2. The van der Waals surface area contributed by atoms with Crippen molar-refractivity contribution in [3.63, 3.8) is 0 Å². The molecule has 7 heteroatoms. The van der Waals surface area contributed by atoms with Crippen LogP contribution in [0.3, 0.4) is 0 Å². The van der Waals surface area contributed by atoms with Gasteiger partial charge in [0, 0.05) is 24.2 Å². The lowest BCUT2D eigenvalue weighted by molar-refractivity contribution is 0.0957. The Kier molecular flexibility index (Phi) is 6.95. The third-order valence-electron chi connectivity index (χ3n) is 4.97. The Morgan fingerprint density at radius 1 is 1.23 bits per heavy atom. The molecule has 0 saturated heterocycles. The molecule has 0 aliphatic heterocycles. The number of benzene rings is 1. The van der Waals surface area contributed by atoms with Crippen molar-refractivity contribution in [3.05, 3.63) is 64.1 Å². The molecule has 2 aromatic heterocycles. The van der Waals surface area contributed by atoms with Gasteiger partial charge in [-0.3, -0.25) is 4.79 Å². The number of hydrogen-bond donors (Lipinski definition) is 1. The summed E-state index contributed by atoms with van der Waals surface area (Å²) in [6.07, 6.45) is 2.45. The first kappa shape index (κ1) is 21.6. The number of carbonyl (C=O) groups excluding carboxylic acids is 1. The monoisotopic (exact) mass is 425 g/mol. The molecule has 0 bridgehead atoms. The molecular weight excluding hydrogens is 398 g/mol. The number of carbonyl (C=O) groups is 1. The minimum atomic E-state index is -0.106. The van der Waals surface area contributed by atoms with E-state index in [0.29, 0.717) is 30.2 Å². The molecule has 0 spiro atoms. The second-order valence-corrected chi connectivity index (χ2v) is 7.93. The zero-order chi connectivity index (χ0) is 21.7. The second-order valence-electron chi connectivity index (χ2n) is 6.87. The Morgan fingerprint density at radius 2 is 2.00 bits per heavy atom. The Morgan fingerprint density at radius 3 is 2.63 bits per heavy atom. The number of thiazole rings is 1. The summed E-state index contributed by atoms with van der Waals surface area (Å²) in [5, 5.41) is 5.89. The molecule has 0 unspecified atom stereocenters. The van der Waals surface area contributed by atoms with Crippen LogP contribution in [0.15, 0.2) is 42.3 Å². The van der Waals surface area contributed by atoms with Crippen LogP contribution in [0.4, 0.5) is 0 Å². The van der Waals surface area contributed by atoms with Crippen LogP contribution in [-0.4, -0.2) is 36.2 Å². The second kappa shape index (κ2) is 9.63. The molecule has 1 aromatic carbocycles. The molecule has 0 radical (unpaired) electrons. The van der Waals surface area contributed by atoms with E-state index in [0.717, 1.165) is 34.1 Å². The smallest absolute Gasteiger partial charge is 0.253 e. The van der Waals surface area contributed by atoms with Crippen molar-refractivity contribution in [2.45, 2.75) is 26.8 Å². The van der Waals surface area contributed by atoms with Crippen molar-refractivity contribution < 1.29 is 14.3 Å². The van der Waals surface area contributed by atoms with Crippen molar-refractivity contribution in [3.8, 4) is 22.9 Å². The van der Waals surface area contributed by atoms with Gasteiger partial charge in [0.25, 0.3) is 5.91 Å². The summed E-state index contributed by atoms with van der Waals surface area (Å²) in [5.41, 5.74) is 4.53. The molecule has 0 fully saturated rings. The van der Waals surface area contributed by atoms with Gasteiger partial charge in [-0.05, 0) is 44.0 Å². The highest BCUT2D eigenvalue weighted by Gasteiger charge is 2.19. The molecular formula is C23H27N3O3S. The minimum Gasteiger partial charge on any atom is -0.493 e. The minimum absolute atomic E-state index is 0.106. The standard InChI is InChI=1S/C23H27N3O3S/c1-6-10-24-23(27)18-13-20(19-14-30-16(3)25-19)26(15(18)2)11-9-17-7-8-21(28-4)22(12-17)29-5/h6-8,12-14H,1,9-11H2,2-5H3,(H,24,27). The number of hydrogen-bond acceptors (Lipinski definition) is 5. The molecule has 158 valence electrons. The SMILES string of the molecule is C=CCNC(=O)c1cc(-c2csc(C)n2)n(CCc2ccc(OC)c(OC)c2)c1C. The van der Waals surface area contributed by atoms with E-state index in [1.165, 1.54) is 0 Å². The summed E-state index contributed by atoms with van der Waals surface area (Å²) in [6.45, 7) is 8.76. The Hall–Kier alpha value is -3.06. The number of aromatic nitrogens is 2. The molecule has 3 rings (SSSR count). The van der Waals surface area contributed by atoms with E-state index >= 15 is 0 Å². The lowest BCUT2D eigenvalue weighted by atomic mass is 10.1.